The molecule has 0 aliphatic carbocycles. The number of ether oxygens (including phenoxy) is 1. The van der Waals surface area contributed by atoms with Gasteiger partial charge in [0.2, 0.25) is 0 Å². The highest BCUT2D eigenvalue weighted by atomic mass is 16.5. The molecule has 3 aromatic rings. The van der Waals surface area contributed by atoms with Crippen LogP contribution in [-0.4, -0.2) is 50.8 Å². The van der Waals surface area contributed by atoms with E-state index in [0.29, 0.717) is 38.2 Å². The minimum Gasteiger partial charge on any atom is -0.466 e. The van der Waals surface area contributed by atoms with Crippen LogP contribution in [0.25, 0.3) is 17.1 Å². The molecule has 31 heavy (non-hydrogen) atoms. The summed E-state index contributed by atoms with van der Waals surface area (Å²) in [4.78, 5) is 27.3. The molecular formula is C24H28N4O3. The van der Waals surface area contributed by atoms with Crippen LogP contribution >= 0.6 is 0 Å². The number of benzene rings is 1. The van der Waals surface area contributed by atoms with Crippen molar-refractivity contribution in [3.05, 3.63) is 59.9 Å². The highest BCUT2D eigenvalue weighted by molar-refractivity contribution is 5.94. The first-order valence-electron chi connectivity index (χ1n) is 10.7. The molecule has 0 spiro atoms. The maximum Gasteiger partial charge on any atom is 0.309 e. The van der Waals surface area contributed by atoms with Crippen molar-refractivity contribution in [2.45, 2.75) is 26.7 Å². The van der Waals surface area contributed by atoms with Crippen molar-refractivity contribution in [2.24, 2.45) is 13.0 Å². The molecule has 0 N–H and O–H groups in total. The first-order valence-corrected chi connectivity index (χ1v) is 10.7. The summed E-state index contributed by atoms with van der Waals surface area (Å²) in [7, 11) is 1.96. The Hall–Kier alpha value is -3.35. The lowest BCUT2D eigenvalue weighted by atomic mass is 9.97. The van der Waals surface area contributed by atoms with Crippen molar-refractivity contribution in [3.63, 3.8) is 0 Å². The first kappa shape index (κ1) is 20.9. The zero-order valence-corrected chi connectivity index (χ0v) is 18.2. The second-order valence-electron chi connectivity index (χ2n) is 7.99. The number of nitrogens with zero attached hydrogens (tertiary/aromatic N) is 4. The smallest absolute Gasteiger partial charge is 0.309 e. The molecule has 2 aromatic heterocycles. The fraction of sp³-hybridized carbons (Fsp3) is 0.375. The van der Waals surface area contributed by atoms with Crippen LogP contribution in [0.1, 0.15) is 35.8 Å². The molecule has 1 saturated heterocycles. The maximum absolute atomic E-state index is 13.5. The molecule has 1 aliphatic heterocycles. The van der Waals surface area contributed by atoms with E-state index in [1.54, 1.807) is 4.68 Å². The van der Waals surface area contributed by atoms with Crippen LogP contribution in [0.3, 0.4) is 0 Å². The summed E-state index contributed by atoms with van der Waals surface area (Å²) in [6, 6.07) is 13.8. The molecule has 0 saturated carbocycles. The summed E-state index contributed by atoms with van der Waals surface area (Å²) < 4.78 is 8.86. The molecule has 1 aliphatic rings. The first-order chi connectivity index (χ1) is 15.0. The van der Waals surface area contributed by atoms with E-state index in [4.69, 9.17) is 9.84 Å². The number of piperidine rings is 1. The number of amides is 1. The summed E-state index contributed by atoms with van der Waals surface area (Å²) in [5, 5.41) is 4.77. The van der Waals surface area contributed by atoms with Crippen LogP contribution in [0.5, 0.6) is 0 Å². The van der Waals surface area contributed by atoms with Crippen LogP contribution in [0, 0.1) is 12.8 Å². The minimum absolute atomic E-state index is 0.0733. The molecule has 7 nitrogen and oxygen atoms in total. The summed E-state index contributed by atoms with van der Waals surface area (Å²) in [6.45, 7) is 5.28. The maximum atomic E-state index is 13.5. The molecule has 0 radical (unpaired) electrons. The molecular weight excluding hydrogens is 392 g/mol. The number of aryl methyl sites for hydroxylation is 2. The van der Waals surface area contributed by atoms with Crippen molar-refractivity contribution in [3.8, 4) is 17.1 Å². The Bertz CT molecular complexity index is 1070. The Balaban J connectivity index is 1.63. The van der Waals surface area contributed by atoms with Crippen molar-refractivity contribution >= 4 is 11.9 Å². The van der Waals surface area contributed by atoms with Crippen LogP contribution in [0.15, 0.2) is 48.7 Å². The van der Waals surface area contributed by atoms with Gasteiger partial charge in [0.25, 0.3) is 5.91 Å². The lowest BCUT2D eigenvalue weighted by Crippen LogP contribution is -2.41. The van der Waals surface area contributed by atoms with Crippen molar-refractivity contribution in [2.75, 3.05) is 19.7 Å². The molecule has 162 valence electrons. The van der Waals surface area contributed by atoms with E-state index in [1.807, 2.05) is 79.0 Å². The van der Waals surface area contributed by atoms with Crippen molar-refractivity contribution < 1.29 is 14.3 Å². The minimum atomic E-state index is -0.162. The number of carbonyl (C=O) groups excluding carboxylic acids is 2. The molecule has 0 unspecified atom stereocenters. The third kappa shape index (κ3) is 4.26. The monoisotopic (exact) mass is 420 g/mol. The number of hydrogen-bond donors (Lipinski definition) is 0. The number of carbonyl (C=O) groups is 2. The summed E-state index contributed by atoms with van der Waals surface area (Å²) in [5.41, 5.74) is 4.21. The third-order valence-electron chi connectivity index (χ3n) is 5.82. The van der Waals surface area contributed by atoms with E-state index >= 15 is 0 Å². The molecule has 7 heteroatoms. The van der Waals surface area contributed by atoms with Gasteiger partial charge in [0.05, 0.1) is 23.9 Å². The van der Waals surface area contributed by atoms with Gasteiger partial charge >= 0.3 is 5.97 Å². The van der Waals surface area contributed by atoms with Gasteiger partial charge in [0.1, 0.15) is 11.4 Å². The number of aromatic nitrogens is 3. The van der Waals surface area contributed by atoms with Gasteiger partial charge in [-0.3, -0.25) is 9.59 Å². The molecule has 4 rings (SSSR count). The van der Waals surface area contributed by atoms with Gasteiger partial charge in [0.15, 0.2) is 0 Å². The van der Waals surface area contributed by atoms with Crippen molar-refractivity contribution in [1.82, 2.24) is 19.2 Å². The largest absolute Gasteiger partial charge is 0.466 e. The molecule has 1 amide bonds. The molecule has 0 atom stereocenters. The number of rotatable bonds is 5. The van der Waals surface area contributed by atoms with Gasteiger partial charge in [0, 0.05) is 26.3 Å². The lowest BCUT2D eigenvalue weighted by molar-refractivity contribution is -0.149. The highest BCUT2D eigenvalue weighted by Gasteiger charge is 2.30. The highest BCUT2D eigenvalue weighted by Crippen LogP contribution is 2.25. The number of likely N-dealkylation sites (tertiary alicyclic amines) is 1. The van der Waals surface area contributed by atoms with E-state index in [9.17, 15) is 9.59 Å². The van der Waals surface area contributed by atoms with Gasteiger partial charge in [-0.1, -0.05) is 17.7 Å². The Morgan fingerprint density at radius 3 is 2.45 bits per heavy atom. The number of hydrogen-bond acceptors (Lipinski definition) is 4. The Kier molecular flexibility index (Phi) is 5.93. The SMILES string of the molecule is CCOC(=O)C1CCN(C(=O)c2cc(-c3cccn3C)nn2-c2ccc(C)cc2)CC1. The van der Waals surface area contributed by atoms with E-state index in [0.717, 1.165) is 22.6 Å². The summed E-state index contributed by atoms with van der Waals surface area (Å²) in [5.74, 6) is -0.369. The normalized spacial score (nSPS) is 14.6. The van der Waals surface area contributed by atoms with E-state index in [2.05, 4.69) is 0 Å². The van der Waals surface area contributed by atoms with Gasteiger partial charge in [-0.25, -0.2) is 4.68 Å². The summed E-state index contributed by atoms with van der Waals surface area (Å²) in [6.07, 6.45) is 3.20. The van der Waals surface area contributed by atoms with Crippen LogP contribution in [0.4, 0.5) is 0 Å². The average molecular weight is 421 g/mol. The molecule has 1 fully saturated rings. The van der Waals surface area contributed by atoms with Crippen LogP contribution in [0.2, 0.25) is 0 Å². The topological polar surface area (TPSA) is 69.4 Å². The summed E-state index contributed by atoms with van der Waals surface area (Å²) >= 11 is 0. The molecule has 1 aromatic carbocycles. The van der Waals surface area contributed by atoms with Gasteiger partial charge < -0.3 is 14.2 Å². The lowest BCUT2D eigenvalue weighted by Gasteiger charge is -2.30. The van der Waals surface area contributed by atoms with E-state index < -0.39 is 0 Å². The Morgan fingerprint density at radius 2 is 1.84 bits per heavy atom. The Labute approximate surface area is 182 Å². The van der Waals surface area contributed by atoms with Gasteiger partial charge in [-0.05, 0) is 57.0 Å². The second-order valence-corrected chi connectivity index (χ2v) is 7.99. The van der Waals surface area contributed by atoms with E-state index in [-0.39, 0.29) is 17.8 Å². The van der Waals surface area contributed by atoms with E-state index in [1.165, 1.54) is 0 Å². The van der Waals surface area contributed by atoms with Crippen LogP contribution < -0.4 is 0 Å². The fourth-order valence-electron chi connectivity index (χ4n) is 4.01. The van der Waals surface area contributed by atoms with Crippen LogP contribution in [-0.2, 0) is 16.6 Å². The standard InChI is InChI=1S/C24H28N4O3/c1-4-31-24(30)18-11-14-27(15-12-18)23(29)22-16-20(21-6-5-13-26(21)3)25-28(22)19-9-7-17(2)8-10-19/h5-10,13,16,18H,4,11-12,14-15H2,1-3H3. The molecule has 3 heterocycles. The fourth-order valence-corrected chi connectivity index (χ4v) is 4.01. The zero-order valence-electron chi connectivity index (χ0n) is 18.2. The quantitative estimate of drug-likeness (QED) is 0.592. The molecule has 0 bridgehead atoms. The Morgan fingerprint density at radius 1 is 1.13 bits per heavy atom. The number of esters is 1. The van der Waals surface area contributed by atoms with Gasteiger partial charge in [-0.15, -0.1) is 0 Å². The third-order valence-corrected chi connectivity index (χ3v) is 5.82. The van der Waals surface area contributed by atoms with Gasteiger partial charge in [-0.2, -0.15) is 5.10 Å². The zero-order chi connectivity index (χ0) is 22.0. The average Bonchev–Trinajstić information content (AvgIpc) is 3.40. The predicted molar refractivity (Wildman–Crippen MR) is 118 cm³/mol. The van der Waals surface area contributed by atoms with Crippen molar-refractivity contribution in [1.29, 1.82) is 0 Å². The predicted octanol–water partition coefficient (Wildman–Crippen LogP) is 3.60. The second kappa shape index (κ2) is 8.79.